The molecule has 5 atom stereocenters. The lowest BCUT2D eigenvalue weighted by Gasteiger charge is -2.29. The Labute approximate surface area is 140 Å². The monoisotopic (exact) mass is 333 g/mol. The summed E-state index contributed by atoms with van der Waals surface area (Å²) in [5, 5.41) is 14.0. The third kappa shape index (κ3) is 3.34. The Morgan fingerprint density at radius 1 is 1.42 bits per heavy atom. The minimum Gasteiger partial charge on any atom is -0.473 e. The van der Waals surface area contributed by atoms with Crippen molar-refractivity contribution in [3.63, 3.8) is 0 Å². The molecule has 2 fully saturated rings. The number of aromatic nitrogens is 1. The normalized spacial score (nSPS) is 27.5. The van der Waals surface area contributed by atoms with Crippen molar-refractivity contribution in [1.29, 1.82) is 0 Å². The summed E-state index contributed by atoms with van der Waals surface area (Å²) in [6, 6.07) is 3.10. The van der Waals surface area contributed by atoms with Gasteiger partial charge >= 0.3 is 5.82 Å². The first-order valence-electron chi connectivity index (χ1n) is 8.52. The lowest BCUT2D eigenvalue weighted by Crippen LogP contribution is -2.45. The summed E-state index contributed by atoms with van der Waals surface area (Å²) in [5.74, 6) is 1.47. The lowest BCUT2D eigenvalue weighted by molar-refractivity contribution is -0.390. The zero-order valence-electron chi connectivity index (χ0n) is 14.0. The van der Waals surface area contributed by atoms with E-state index in [4.69, 9.17) is 4.74 Å². The SMILES string of the molecule is C[C@H](Oc1cccnc1[N+](=O)[O-])C(=O)N[C@@H](C)[C@H]1C[C@H]2CC[C@H]1C2. The van der Waals surface area contributed by atoms with Crippen LogP contribution in [0.4, 0.5) is 5.82 Å². The summed E-state index contributed by atoms with van der Waals surface area (Å²) >= 11 is 0. The van der Waals surface area contributed by atoms with Gasteiger partial charge in [0, 0.05) is 6.04 Å². The maximum atomic E-state index is 12.4. The Bertz CT molecular complexity index is 636. The molecular weight excluding hydrogens is 310 g/mol. The molecule has 2 saturated carbocycles. The van der Waals surface area contributed by atoms with Crippen LogP contribution in [0.5, 0.6) is 5.75 Å². The van der Waals surface area contributed by atoms with Crippen molar-refractivity contribution < 1.29 is 14.5 Å². The number of carbonyl (C=O) groups is 1. The fourth-order valence-corrected chi connectivity index (χ4v) is 4.21. The molecule has 0 aromatic carbocycles. The van der Waals surface area contributed by atoms with Gasteiger partial charge in [0.1, 0.15) is 6.20 Å². The van der Waals surface area contributed by atoms with E-state index in [-0.39, 0.29) is 23.5 Å². The highest BCUT2D eigenvalue weighted by Crippen LogP contribution is 2.49. The highest BCUT2D eigenvalue weighted by atomic mass is 16.6. The molecular formula is C17H23N3O4. The van der Waals surface area contributed by atoms with Gasteiger partial charge < -0.3 is 20.2 Å². The summed E-state index contributed by atoms with van der Waals surface area (Å²) < 4.78 is 5.48. The number of hydrogen-bond donors (Lipinski definition) is 1. The number of fused-ring (bicyclic) bond motifs is 2. The van der Waals surface area contributed by atoms with Gasteiger partial charge in [-0.15, -0.1) is 0 Å². The van der Waals surface area contributed by atoms with Crippen molar-refractivity contribution in [2.24, 2.45) is 17.8 Å². The van der Waals surface area contributed by atoms with Crippen LogP contribution in [0.25, 0.3) is 0 Å². The third-order valence-corrected chi connectivity index (χ3v) is 5.40. The molecule has 1 N–H and O–H groups in total. The van der Waals surface area contributed by atoms with Crippen LogP contribution in [-0.2, 0) is 4.79 Å². The van der Waals surface area contributed by atoms with E-state index in [9.17, 15) is 14.9 Å². The van der Waals surface area contributed by atoms with Crippen molar-refractivity contribution in [1.82, 2.24) is 10.3 Å². The van der Waals surface area contributed by atoms with Gasteiger partial charge in [-0.25, -0.2) is 0 Å². The third-order valence-electron chi connectivity index (χ3n) is 5.40. The van der Waals surface area contributed by atoms with Gasteiger partial charge in [-0.1, -0.05) is 6.42 Å². The lowest BCUT2D eigenvalue weighted by atomic mass is 9.84. The quantitative estimate of drug-likeness (QED) is 0.638. The predicted octanol–water partition coefficient (Wildman–Crippen LogP) is 2.70. The van der Waals surface area contributed by atoms with Crippen LogP contribution in [-0.4, -0.2) is 28.0 Å². The van der Waals surface area contributed by atoms with Crippen molar-refractivity contribution >= 4 is 11.7 Å². The molecule has 7 nitrogen and oxygen atoms in total. The van der Waals surface area contributed by atoms with E-state index >= 15 is 0 Å². The highest BCUT2D eigenvalue weighted by molar-refractivity contribution is 5.81. The van der Waals surface area contributed by atoms with Crippen LogP contribution >= 0.6 is 0 Å². The number of rotatable bonds is 6. The molecule has 1 aromatic heterocycles. The highest BCUT2D eigenvalue weighted by Gasteiger charge is 2.42. The van der Waals surface area contributed by atoms with Crippen LogP contribution in [0.1, 0.15) is 39.5 Å². The molecule has 2 bridgehead atoms. The number of hydrogen-bond acceptors (Lipinski definition) is 5. The Balaban J connectivity index is 1.58. The van der Waals surface area contributed by atoms with Gasteiger partial charge in [-0.3, -0.25) is 4.79 Å². The van der Waals surface area contributed by atoms with Crippen LogP contribution in [0, 0.1) is 27.9 Å². The second-order valence-electron chi connectivity index (χ2n) is 6.98. The van der Waals surface area contributed by atoms with Gasteiger partial charge in [-0.05, 0) is 72.9 Å². The zero-order chi connectivity index (χ0) is 17.3. The van der Waals surface area contributed by atoms with Gasteiger partial charge in [0.05, 0.1) is 0 Å². The summed E-state index contributed by atoms with van der Waals surface area (Å²) in [7, 11) is 0. The van der Waals surface area contributed by atoms with Crippen molar-refractivity contribution in [3.05, 3.63) is 28.4 Å². The number of ether oxygens (including phenoxy) is 1. The van der Waals surface area contributed by atoms with E-state index < -0.39 is 11.0 Å². The molecule has 3 rings (SSSR count). The number of nitrogens with zero attached hydrogens (tertiary/aromatic N) is 2. The summed E-state index contributed by atoms with van der Waals surface area (Å²) in [6.07, 6.45) is 5.59. The van der Waals surface area contributed by atoms with Crippen molar-refractivity contribution in [2.75, 3.05) is 0 Å². The Morgan fingerprint density at radius 2 is 2.21 bits per heavy atom. The Hall–Kier alpha value is -2.18. The molecule has 2 aliphatic carbocycles. The smallest absolute Gasteiger partial charge is 0.406 e. The first-order chi connectivity index (χ1) is 11.5. The molecule has 1 aromatic rings. The van der Waals surface area contributed by atoms with Crippen LogP contribution in [0.2, 0.25) is 0 Å². The number of nitro groups is 1. The topological polar surface area (TPSA) is 94.4 Å². The van der Waals surface area contributed by atoms with E-state index in [0.717, 1.165) is 11.8 Å². The van der Waals surface area contributed by atoms with Crippen LogP contribution in [0.15, 0.2) is 18.3 Å². The van der Waals surface area contributed by atoms with E-state index in [1.54, 1.807) is 13.0 Å². The maximum absolute atomic E-state index is 12.4. The first kappa shape index (κ1) is 16.7. The summed E-state index contributed by atoms with van der Waals surface area (Å²) in [5.41, 5.74) is 0. The summed E-state index contributed by atoms with van der Waals surface area (Å²) in [6.45, 7) is 3.64. The van der Waals surface area contributed by atoms with E-state index in [1.165, 1.54) is 37.9 Å². The average Bonchev–Trinajstić information content (AvgIpc) is 3.18. The van der Waals surface area contributed by atoms with E-state index in [0.29, 0.717) is 5.92 Å². The van der Waals surface area contributed by atoms with E-state index in [2.05, 4.69) is 10.3 Å². The average molecular weight is 333 g/mol. The molecule has 0 radical (unpaired) electrons. The van der Waals surface area contributed by atoms with Crippen molar-refractivity contribution in [3.8, 4) is 5.75 Å². The van der Waals surface area contributed by atoms with Gasteiger partial charge in [0.15, 0.2) is 6.10 Å². The van der Waals surface area contributed by atoms with Gasteiger partial charge in [0.25, 0.3) is 5.91 Å². The molecule has 0 saturated heterocycles. The standard InChI is InChI=1S/C17H23N3O4/c1-10(14-9-12-5-6-13(14)8-12)19-17(21)11(2)24-15-4-3-7-18-16(15)20(22)23/h3-4,7,10-14H,5-6,8-9H2,1-2H3,(H,19,21)/t10-,11-,12-,13-,14+/m0/s1. The molecule has 1 amide bonds. The minimum absolute atomic E-state index is 0.0118. The number of pyridine rings is 1. The Kier molecular flexibility index (Phi) is 4.69. The number of nitrogens with one attached hydrogen (secondary N) is 1. The fraction of sp³-hybridized carbons (Fsp3) is 0.647. The molecule has 2 aliphatic rings. The molecule has 0 aliphatic heterocycles. The van der Waals surface area contributed by atoms with Gasteiger partial charge in [-0.2, -0.15) is 0 Å². The molecule has 0 unspecified atom stereocenters. The van der Waals surface area contributed by atoms with Crippen LogP contribution < -0.4 is 10.1 Å². The second kappa shape index (κ2) is 6.75. The Morgan fingerprint density at radius 3 is 2.83 bits per heavy atom. The zero-order valence-corrected chi connectivity index (χ0v) is 14.0. The predicted molar refractivity (Wildman–Crippen MR) is 87.5 cm³/mol. The number of amides is 1. The van der Waals surface area contributed by atoms with Crippen molar-refractivity contribution in [2.45, 2.75) is 51.7 Å². The second-order valence-corrected chi connectivity index (χ2v) is 6.98. The molecule has 130 valence electrons. The molecule has 24 heavy (non-hydrogen) atoms. The van der Waals surface area contributed by atoms with Crippen LogP contribution in [0.3, 0.4) is 0 Å². The largest absolute Gasteiger partial charge is 0.473 e. The molecule has 0 spiro atoms. The number of carbonyl (C=O) groups excluding carboxylic acids is 1. The molecule has 1 heterocycles. The minimum atomic E-state index is -0.811. The molecule has 7 heteroatoms. The van der Waals surface area contributed by atoms with E-state index in [1.807, 2.05) is 6.92 Å². The first-order valence-corrected chi connectivity index (χ1v) is 8.52. The van der Waals surface area contributed by atoms with Gasteiger partial charge in [0.2, 0.25) is 5.75 Å². The maximum Gasteiger partial charge on any atom is 0.406 e. The fourth-order valence-electron chi connectivity index (χ4n) is 4.21. The summed E-state index contributed by atoms with van der Waals surface area (Å²) in [4.78, 5) is 26.4.